The van der Waals surface area contributed by atoms with Crippen LogP contribution in [0.25, 0.3) is 17.2 Å². The molecule has 31 heavy (non-hydrogen) atoms. The van der Waals surface area contributed by atoms with Gasteiger partial charge in [-0.05, 0) is 59.0 Å². The Morgan fingerprint density at radius 1 is 1.00 bits per heavy atom. The van der Waals surface area contributed by atoms with Gasteiger partial charge in [-0.1, -0.05) is 60.1 Å². The smallest absolute Gasteiger partial charge is 0.248 e. The Bertz CT molecular complexity index is 1040. The first-order valence-corrected chi connectivity index (χ1v) is 10.8. The van der Waals surface area contributed by atoms with Crippen molar-refractivity contribution < 1.29 is 9.90 Å². The molecule has 3 aromatic carbocycles. The van der Waals surface area contributed by atoms with Crippen molar-refractivity contribution in [3.8, 4) is 11.1 Å². The van der Waals surface area contributed by atoms with E-state index in [1.54, 1.807) is 12.2 Å². The van der Waals surface area contributed by atoms with E-state index < -0.39 is 0 Å². The van der Waals surface area contributed by atoms with E-state index in [0.29, 0.717) is 5.02 Å². The van der Waals surface area contributed by atoms with Gasteiger partial charge in [0, 0.05) is 36.4 Å². The number of aliphatic hydroxyl groups is 1. The van der Waals surface area contributed by atoms with Crippen molar-refractivity contribution in [2.75, 3.05) is 18.4 Å². The second-order valence-electron chi connectivity index (χ2n) is 7.83. The highest BCUT2D eigenvalue weighted by Gasteiger charge is 2.19. The number of aliphatic hydroxyl groups excluding tert-OH is 1. The summed E-state index contributed by atoms with van der Waals surface area (Å²) in [5.41, 5.74) is 5.06. The normalized spacial score (nSPS) is 16.6. The van der Waals surface area contributed by atoms with Crippen LogP contribution in [0.1, 0.15) is 17.5 Å². The summed E-state index contributed by atoms with van der Waals surface area (Å²) < 4.78 is 0. The number of carbonyl (C=O) groups is 1. The molecule has 1 atom stereocenters. The van der Waals surface area contributed by atoms with Gasteiger partial charge in [-0.25, -0.2) is 0 Å². The van der Waals surface area contributed by atoms with Gasteiger partial charge in [-0.2, -0.15) is 0 Å². The number of amides is 1. The molecule has 0 aliphatic carbocycles. The number of nitrogens with one attached hydrogen (secondary N) is 1. The number of hydrogen-bond donors (Lipinski definition) is 2. The van der Waals surface area contributed by atoms with Gasteiger partial charge in [0.25, 0.3) is 0 Å². The highest BCUT2D eigenvalue weighted by molar-refractivity contribution is 6.30. The predicted molar refractivity (Wildman–Crippen MR) is 127 cm³/mol. The molecule has 0 spiro atoms. The third-order valence-corrected chi connectivity index (χ3v) is 5.64. The maximum atomic E-state index is 12.3. The van der Waals surface area contributed by atoms with Gasteiger partial charge in [-0.15, -0.1) is 0 Å². The van der Waals surface area contributed by atoms with Crippen LogP contribution in [0.15, 0.2) is 78.9 Å². The standard InChI is InChI=1S/C26H25ClN2O2/c27-23-10-6-21(7-11-23)22-8-12-24(13-9-22)28-26(31)14-5-19-1-3-20(4-2-19)17-29-16-15-25(30)18-29/h1-14,25,30H,15-18H2,(H,28,31)/b14-5+/t25-/m0/s1. The lowest BCUT2D eigenvalue weighted by molar-refractivity contribution is -0.111. The number of hydrogen-bond acceptors (Lipinski definition) is 3. The maximum absolute atomic E-state index is 12.3. The molecular weight excluding hydrogens is 408 g/mol. The van der Waals surface area contributed by atoms with Crippen molar-refractivity contribution in [2.45, 2.75) is 19.1 Å². The molecule has 1 aliphatic heterocycles. The fraction of sp³-hybridized carbons (Fsp3) is 0.192. The third-order valence-electron chi connectivity index (χ3n) is 5.39. The summed E-state index contributed by atoms with van der Waals surface area (Å²) in [5.74, 6) is -0.172. The summed E-state index contributed by atoms with van der Waals surface area (Å²) in [4.78, 5) is 14.5. The number of β-amino-alcohol motifs (C(OH)–C–C–N with tert-alkyl or cyclic N) is 1. The quantitative estimate of drug-likeness (QED) is 0.524. The molecule has 1 amide bonds. The summed E-state index contributed by atoms with van der Waals surface area (Å²) in [6.45, 7) is 2.51. The molecule has 1 fully saturated rings. The Balaban J connectivity index is 1.30. The maximum Gasteiger partial charge on any atom is 0.248 e. The summed E-state index contributed by atoms with van der Waals surface area (Å²) >= 11 is 5.94. The summed E-state index contributed by atoms with van der Waals surface area (Å²) in [6.07, 6.45) is 3.99. The van der Waals surface area contributed by atoms with Crippen molar-refractivity contribution in [2.24, 2.45) is 0 Å². The highest BCUT2D eigenvalue weighted by Crippen LogP contribution is 2.23. The van der Waals surface area contributed by atoms with E-state index in [9.17, 15) is 9.90 Å². The Labute approximate surface area is 187 Å². The zero-order valence-corrected chi connectivity index (χ0v) is 17.9. The molecule has 1 heterocycles. The van der Waals surface area contributed by atoms with Crippen molar-refractivity contribution >= 4 is 29.3 Å². The lowest BCUT2D eigenvalue weighted by atomic mass is 10.1. The molecule has 4 rings (SSSR count). The number of benzene rings is 3. The molecule has 0 aromatic heterocycles. The topological polar surface area (TPSA) is 52.6 Å². The minimum absolute atomic E-state index is 0.172. The first kappa shape index (κ1) is 21.3. The monoisotopic (exact) mass is 432 g/mol. The van der Waals surface area contributed by atoms with Crippen LogP contribution in [0, 0.1) is 0 Å². The lowest BCUT2D eigenvalue weighted by Crippen LogP contribution is -2.21. The summed E-state index contributed by atoms with van der Waals surface area (Å²) in [7, 11) is 0. The van der Waals surface area contributed by atoms with Crippen LogP contribution in [-0.2, 0) is 11.3 Å². The zero-order valence-electron chi connectivity index (χ0n) is 17.2. The van der Waals surface area contributed by atoms with E-state index in [4.69, 9.17) is 11.6 Å². The highest BCUT2D eigenvalue weighted by atomic mass is 35.5. The van der Waals surface area contributed by atoms with E-state index >= 15 is 0 Å². The number of nitrogens with zero attached hydrogens (tertiary/aromatic N) is 1. The minimum Gasteiger partial charge on any atom is -0.392 e. The SMILES string of the molecule is O=C(/C=C/c1ccc(CN2CC[C@H](O)C2)cc1)Nc1ccc(-c2ccc(Cl)cc2)cc1. The van der Waals surface area contributed by atoms with Crippen LogP contribution in [0.3, 0.4) is 0 Å². The van der Waals surface area contributed by atoms with Gasteiger partial charge < -0.3 is 10.4 Å². The number of halogens is 1. The first-order chi connectivity index (χ1) is 15.0. The molecule has 0 radical (unpaired) electrons. The molecule has 0 saturated carbocycles. The van der Waals surface area contributed by atoms with Crippen molar-refractivity contribution in [3.63, 3.8) is 0 Å². The average molecular weight is 433 g/mol. The van der Waals surface area contributed by atoms with Gasteiger partial charge in [0.1, 0.15) is 0 Å². The van der Waals surface area contributed by atoms with Crippen LogP contribution < -0.4 is 5.32 Å². The largest absolute Gasteiger partial charge is 0.392 e. The molecule has 0 bridgehead atoms. The van der Waals surface area contributed by atoms with E-state index in [1.165, 1.54) is 5.56 Å². The number of carbonyl (C=O) groups excluding carboxylic acids is 1. The van der Waals surface area contributed by atoms with Gasteiger partial charge >= 0.3 is 0 Å². The second kappa shape index (κ2) is 9.92. The van der Waals surface area contributed by atoms with Crippen molar-refractivity contribution in [1.29, 1.82) is 0 Å². The summed E-state index contributed by atoms with van der Waals surface area (Å²) in [5, 5.41) is 13.2. The third kappa shape index (κ3) is 6.05. The van der Waals surface area contributed by atoms with Crippen molar-refractivity contribution in [1.82, 2.24) is 4.90 Å². The fourth-order valence-corrected chi connectivity index (χ4v) is 3.82. The van der Waals surface area contributed by atoms with Gasteiger partial charge in [0.05, 0.1) is 6.10 Å². The Morgan fingerprint density at radius 2 is 1.65 bits per heavy atom. The fourth-order valence-electron chi connectivity index (χ4n) is 3.69. The molecular formula is C26H25ClN2O2. The molecule has 1 aliphatic rings. The van der Waals surface area contributed by atoms with E-state index in [2.05, 4.69) is 22.3 Å². The second-order valence-corrected chi connectivity index (χ2v) is 8.26. The first-order valence-electron chi connectivity index (χ1n) is 10.4. The number of anilines is 1. The number of rotatable bonds is 6. The average Bonchev–Trinajstić information content (AvgIpc) is 3.19. The Hall–Kier alpha value is -2.92. The molecule has 4 nitrogen and oxygen atoms in total. The molecule has 1 saturated heterocycles. The van der Waals surface area contributed by atoms with E-state index in [0.717, 1.165) is 48.4 Å². The summed E-state index contributed by atoms with van der Waals surface area (Å²) in [6, 6.07) is 23.5. The Morgan fingerprint density at radius 3 is 2.26 bits per heavy atom. The van der Waals surface area contributed by atoms with Crippen LogP contribution in [-0.4, -0.2) is 35.1 Å². The van der Waals surface area contributed by atoms with Crippen LogP contribution in [0.5, 0.6) is 0 Å². The molecule has 5 heteroatoms. The molecule has 2 N–H and O–H groups in total. The van der Waals surface area contributed by atoms with Crippen LogP contribution in [0.2, 0.25) is 5.02 Å². The molecule has 0 unspecified atom stereocenters. The lowest BCUT2D eigenvalue weighted by Gasteiger charge is -2.14. The Kier molecular flexibility index (Phi) is 6.82. The minimum atomic E-state index is -0.200. The molecule has 3 aromatic rings. The zero-order chi connectivity index (χ0) is 21.6. The van der Waals surface area contributed by atoms with E-state index in [-0.39, 0.29) is 12.0 Å². The van der Waals surface area contributed by atoms with Gasteiger partial charge in [-0.3, -0.25) is 9.69 Å². The van der Waals surface area contributed by atoms with E-state index in [1.807, 2.05) is 60.7 Å². The predicted octanol–water partition coefficient (Wildman–Crippen LogP) is 5.23. The van der Waals surface area contributed by atoms with Crippen LogP contribution in [0.4, 0.5) is 5.69 Å². The van der Waals surface area contributed by atoms with Gasteiger partial charge in [0.15, 0.2) is 0 Å². The number of likely N-dealkylation sites (tertiary alicyclic amines) is 1. The molecule has 158 valence electrons. The van der Waals surface area contributed by atoms with Crippen molar-refractivity contribution in [3.05, 3.63) is 95.0 Å². The van der Waals surface area contributed by atoms with Gasteiger partial charge in [0.2, 0.25) is 5.91 Å². The van der Waals surface area contributed by atoms with Crippen LogP contribution >= 0.6 is 11.6 Å².